The Balaban J connectivity index is 2.38. The maximum Gasteiger partial charge on any atom is 0.133 e. The summed E-state index contributed by atoms with van der Waals surface area (Å²) in [6.45, 7) is 1.94. The van der Waals surface area contributed by atoms with E-state index in [0.29, 0.717) is 30.7 Å². The first-order chi connectivity index (χ1) is 8.07. The summed E-state index contributed by atoms with van der Waals surface area (Å²) >= 11 is 5.99. The van der Waals surface area contributed by atoms with Crippen LogP contribution in [0, 0.1) is 18.3 Å². The van der Waals surface area contributed by atoms with E-state index >= 15 is 0 Å². The van der Waals surface area contributed by atoms with Gasteiger partial charge in [-0.05, 0) is 37.0 Å². The summed E-state index contributed by atoms with van der Waals surface area (Å²) in [7, 11) is 0. The summed E-state index contributed by atoms with van der Waals surface area (Å²) in [4.78, 5) is 11.3. The predicted octanol–water partition coefficient (Wildman–Crippen LogP) is 3.55. The third-order valence-corrected chi connectivity index (χ3v) is 4.01. The summed E-state index contributed by atoms with van der Waals surface area (Å²) in [6, 6.07) is 8.13. The van der Waals surface area contributed by atoms with Crippen molar-refractivity contribution in [3.8, 4) is 6.07 Å². The number of rotatable bonds is 1. The molecule has 17 heavy (non-hydrogen) atoms. The van der Waals surface area contributed by atoms with Gasteiger partial charge in [0.05, 0.1) is 11.5 Å². The highest BCUT2D eigenvalue weighted by Crippen LogP contribution is 2.38. The molecule has 0 aromatic heterocycles. The molecule has 1 aromatic rings. The average Bonchev–Trinajstić information content (AvgIpc) is 2.34. The molecule has 0 atom stereocenters. The van der Waals surface area contributed by atoms with E-state index in [2.05, 4.69) is 6.07 Å². The highest BCUT2D eigenvalue weighted by Gasteiger charge is 2.36. The van der Waals surface area contributed by atoms with Gasteiger partial charge >= 0.3 is 0 Å². The smallest absolute Gasteiger partial charge is 0.133 e. The molecular weight excluding hydrogens is 234 g/mol. The molecule has 1 aliphatic rings. The van der Waals surface area contributed by atoms with Crippen LogP contribution in [0.2, 0.25) is 5.02 Å². The van der Waals surface area contributed by atoms with Crippen LogP contribution in [0.1, 0.15) is 36.8 Å². The van der Waals surface area contributed by atoms with E-state index in [9.17, 15) is 10.1 Å². The third kappa shape index (κ3) is 2.21. The molecule has 0 aliphatic heterocycles. The van der Waals surface area contributed by atoms with Gasteiger partial charge in [-0.1, -0.05) is 23.7 Å². The minimum Gasteiger partial charge on any atom is -0.300 e. The molecule has 1 aliphatic carbocycles. The molecule has 0 radical (unpaired) electrons. The lowest BCUT2D eigenvalue weighted by Gasteiger charge is -2.30. The number of nitriles is 1. The van der Waals surface area contributed by atoms with Gasteiger partial charge in [-0.2, -0.15) is 5.26 Å². The van der Waals surface area contributed by atoms with E-state index in [1.807, 2.05) is 25.1 Å². The zero-order valence-electron chi connectivity index (χ0n) is 9.79. The molecular formula is C14H14ClNO. The van der Waals surface area contributed by atoms with Crippen LogP contribution in [-0.4, -0.2) is 5.78 Å². The van der Waals surface area contributed by atoms with Crippen LogP contribution in [0.3, 0.4) is 0 Å². The normalized spacial score (nSPS) is 18.8. The zero-order chi connectivity index (χ0) is 12.5. The monoisotopic (exact) mass is 247 g/mol. The zero-order valence-corrected chi connectivity index (χ0v) is 10.5. The second-order valence-corrected chi connectivity index (χ2v) is 5.10. The second-order valence-electron chi connectivity index (χ2n) is 4.70. The van der Waals surface area contributed by atoms with E-state index in [-0.39, 0.29) is 5.78 Å². The fourth-order valence-corrected chi connectivity index (χ4v) is 2.48. The summed E-state index contributed by atoms with van der Waals surface area (Å²) in [5.74, 6) is 0.265. The maximum absolute atomic E-state index is 11.3. The van der Waals surface area contributed by atoms with Gasteiger partial charge in [0.15, 0.2) is 0 Å². The Bertz CT molecular complexity index is 491. The lowest BCUT2D eigenvalue weighted by Crippen LogP contribution is -2.30. The van der Waals surface area contributed by atoms with Crippen molar-refractivity contribution in [1.29, 1.82) is 5.26 Å². The van der Waals surface area contributed by atoms with E-state index < -0.39 is 5.41 Å². The second kappa shape index (κ2) is 4.50. The topological polar surface area (TPSA) is 40.9 Å². The number of ketones is 1. The quantitative estimate of drug-likeness (QED) is 0.761. The Morgan fingerprint density at radius 1 is 1.35 bits per heavy atom. The molecule has 0 heterocycles. The van der Waals surface area contributed by atoms with Crippen molar-refractivity contribution in [3.05, 3.63) is 34.3 Å². The number of carbonyl (C=O) groups is 1. The Morgan fingerprint density at radius 2 is 2.00 bits per heavy atom. The first kappa shape index (κ1) is 12.1. The molecule has 0 saturated heterocycles. The molecule has 88 valence electrons. The molecule has 0 N–H and O–H groups in total. The van der Waals surface area contributed by atoms with Crippen molar-refractivity contribution >= 4 is 17.4 Å². The van der Waals surface area contributed by atoms with E-state index in [1.165, 1.54) is 0 Å². The molecule has 1 aromatic carbocycles. The lowest BCUT2D eigenvalue weighted by atomic mass is 9.70. The molecule has 0 unspecified atom stereocenters. The number of aryl methyl sites for hydroxylation is 1. The number of benzene rings is 1. The number of carbonyl (C=O) groups excluding carboxylic acids is 1. The van der Waals surface area contributed by atoms with E-state index in [1.54, 1.807) is 0 Å². The molecule has 2 rings (SSSR count). The minimum atomic E-state index is -0.497. The summed E-state index contributed by atoms with van der Waals surface area (Å²) in [5, 5.41) is 10.2. The maximum atomic E-state index is 11.3. The molecule has 1 fully saturated rings. The average molecular weight is 248 g/mol. The number of halogens is 1. The Morgan fingerprint density at radius 3 is 2.53 bits per heavy atom. The largest absolute Gasteiger partial charge is 0.300 e. The van der Waals surface area contributed by atoms with Gasteiger partial charge in [0.1, 0.15) is 5.78 Å². The van der Waals surface area contributed by atoms with Crippen molar-refractivity contribution in [3.63, 3.8) is 0 Å². The molecule has 0 spiro atoms. The van der Waals surface area contributed by atoms with Crippen molar-refractivity contribution in [1.82, 2.24) is 0 Å². The highest BCUT2D eigenvalue weighted by molar-refractivity contribution is 6.31. The van der Waals surface area contributed by atoms with Crippen LogP contribution in [0.25, 0.3) is 0 Å². The number of hydrogen-bond acceptors (Lipinski definition) is 2. The van der Waals surface area contributed by atoms with Gasteiger partial charge < -0.3 is 0 Å². The van der Waals surface area contributed by atoms with Crippen LogP contribution in [0.15, 0.2) is 18.2 Å². The summed E-state index contributed by atoms with van der Waals surface area (Å²) < 4.78 is 0. The van der Waals surface area contributed by atoms with Gasteiger partial charge in [-0.3, -0.25) is 4.79 Å². The molecule has 0 amide bonds. The Kier molecular flexibility index (Phi) is 3.22. The van der Waals surface area contributed by atoms with Gasteiger partial charge in [0, 0.05) is 17.9 Å². The number of nitrogens with zero attached hydrogens (tertiary/aromatic N) is 1. The van der Waals surface area contributed by atoms with Crippen LogP contribution < -0.4 is 0 Å². The highest BCUT2D eigenvalue weighted by atomic mass is 35.5. The molecule has 1 saturated carbocycles. The molecule has 0 bridgehead atoms. The van der Waals surface area contributed by atoms with Gasteiger partial charge in [-0.15, -0.1) is 0 Å². The summed E-state index contributed by atoms with van der Waals surface area (Å²) in [6.07, 6.45) is 2.28. The van der Waals surface area contributed by atoms with Gasteiger partial charge in [0.25, 0.3) is 0 Å². The van der Waals surface area contributed by atoms with Crippen molar-refractivity contribution in [2.24, 2.45) is 0 Å². The van der Waals surface area contributed by atoms with Crippen molar-refractivity contribution < 1.29 is 4.79 Å². The van der Waals surface area contributed by atoms with Crippen LogP contribution in [0.5, 0.6) is 0 Å². The van der Waals surface area contributed by atoms with Gasteiger partial charge in [-0.25, -0.2) is 0 Å². The number of Topliss-reactive ketones (excluding diaryl/α,β-unsaturated/α-hetero) is 1. The third-order valence-electron chi connectivity index (χ3n) is 3.59. The minimum absolute atomic E-state index is 0.265. The first-order valence-electron chi connectivity index (χ1n) is 5.77. The van der Waals surface area contributed by atoms with Crippen LogP contribution in [-0.2, 0) is 10.2 Å². The Labute approximate surface area is 106 Å². The molecule has 3 heteroatoms. The van der Waals surface area contributed by atoms with E-state index in [4.69, 9.17) is 11.6 Å². The predicted molar refractivity (Wildman–Crippen MR) is 67.0 cm³/mol. The standard InChI is InChI=1S/C14H14ClNO/c1-10-8-11(2-3-13(10)15)14(9-16)6-4-12(17)5-7-14/h2-3,8H,4-7H2,1H3. The van der Waals surface area contributed by atoms with Crippen LogP contribution in [0.4, 0.5) is 0 Å². The Hall–Kier alpha value is -1.33. The fourth-order valence-electron chi connectivity index (χ4n) is 2.36. The lowest BCUT2D eigenvalue weighted by molar-refractivity contribution is -0.120. The molecule has 2 nitrogen and oxygen atoms in total. The van der Waals surface area contributed by atoms with Crippen molar-refractivity contribution in [2.45, 2.75) is 38.0 Å². The van der Waals surface area contributed by atoms with Crippen molar-refractivity contribution in [2.75, 3.05) is 0 Å². The first-order valence-corrected chi connectivity index (χ1v) is 6.15. The fraction of sp³-hybridized carbons (Fsp3) is 0.429. The van der Waals surface area contributed by atoms with E-state index in [0.717, 1.165) is 11.1 Å². The van der Waals surface area contributed by atoms with Crippen LogP contribution >= 0.6 is 11.6 Å². The number of hydrogen-bond donors (Lipinski definition) is 0. The summed E-state index contributed by atoms with van der Waals surface area (Å²) in [5.41, 5.74) is 1.48. The SMILES string of the molecule is Cc1cc(C2(C#N)CCC(=O)CC2)ccc1Cl. The van der Waals surface area contributed by atoms with Gasteiger partial charge in [0.2, 0.25) is 0 Å².